The van der Waals surface area contributed by atoms with Crippen molar-refractivity contribution in [3.05, 3.63) is 23.4 Å². The quantitative estimate of drug-likeness (QED) is 0.747. The molecular formula is C17H24F3N3O5S. The molecule has 2 aliphatic rings. The van der Waals surface area contributed by atoms with E-state index in [0.29, 0.717) is 26.2 Å². The first-order valence-corrected chi connectivity index (χ1v) is 10.5. The van der Waals surface area contributed by atoms with E-state index in [1.54, 1.807) is 11.4 Å². The number of hydrogen-bond acceptors (Lipinski definition) is 6. The molecule has 1 aromatic heterocycles. The van der Waals surface area contributed by atoms with E-state index < -0.39 is 22.2 Å². The van der Waals surface area contributed by atoms with Crippen LogP contribution >= 0.6 is 0 Å². The average Bonchev–Trinajstić information content (AvgIpc) is 3.47. The summed E-state index contributed by atoms with van der Waals surface area (Å²) in [6, 6.07) is 3.94. The summed E-state index contributed by atoms with van der Waals surface area (Å²) < 4.78 is 63.7. The van der Waals surface area contributed by atoms with Crippen LogP contribution in [-0.2, 0) is 26.1 Å². The van der Waals surface area contributed by atoms with E-state index >= 15 is 0 Å². The Morgan fingerprint density at radius 2 is 1.93 bits per heavy atom. The monoisotopic (exact) mass is 439 g/mol. The first kappa shape index (κ1) is 23.4. The summed E-state index contributed by atoms with van der Waals surface area (Å²) in [5, 5.41) is 6.96. The standard InChI is InChI=1S/C15H23N3O3S.C2HF3O2/c1-12-3-4-13-11-18(22(19,20)14-5-6-14)8-7-17(9-10-21-2)15(13)16-12;3-2(4,5)1(6)7/h3-4,14H,5-11H2,1-2H3;(H,6,7). The van der Waals surface area contributed by atoms with Crippen molar-refractivity contribution in [3.63, 3.8) is 0 Å². The van der Waals surface area contributed by atoms with E-state index in [0.717, 1.165) is 36.5 Å². The van der Waals surface area contributed by atoms with Gasteiger partial charge in [0.2, 0.25) is 10.0 Å². The summed E-state index contributed by atoms with van der Waals surface area (Å²) in [6.45, 7) is 4.86. The van der Waals surface area contributed by atoms with Crippen LogP contribution in [0.3, 0.4) is 0 Å². The Morgan fingerprint density at radius 3 is 2.45 bits per heavy atom. The Hall–Kier alpha value is -1.92. The number of carbonyl (C=O) groups is 1. The molecule has 0 unspecified atom stereocenters. The van der Waals surface area contributed by atoms with Gasteiger partial charge in [0, 0.05) is 44.5 Å². The van der Waals surface area contributed by atoms with Crippen molar-refractivity contribution in [2.24, 2.45) is 0 Å². The van der Waals surface area contributed by atoms with Crippen molar-refractivity contribution in [1.29, 1.82) is 0 Å². The number of rotatable bonds is 5. The zero-order chi connectivity index (χ0) is 21.8. The Labute approximate surface area is 167 Å². The third-order valence-corrected chi connectivity index (χ3v) is 6.82. The highest BCUT2D eigenvalue weighted by atomic mass is 32.2. The van der Waals surface area contributed by atoms with E-state index in [9.17, 15) is 21.6 Å². The number of anilines is 1. The lowest BCUT2D eigenvalue weighted by molar-refractivity contribution is -0.192. The molecule has 0 saturated heterocycles. The molecule has 1 aliphatic carbocycles. The first-order valence-electron chi connectivity index (χ1n) is 8.96. The number of sulfonamides is 1. The summed E-state index contributed by atoms with van der Waals surface area (Å²) in [7, 11) is -1.49. The van der Waals surface area contributed by atoms with Gasteiger partial charge in [0.1, 0.15) is 5.82 Å². The predicted molar refractivity (Wildman–Crippen MR) is 99.1 cm³/mol. The van der Waals surface area contributed by atoms with Crippen molar-refractivity contribution >= 4 is 21.8 Å². The van der Waals surface area contributed by atoms with Crippen LogP contribution in [0.1, 0.15) is 24.1 Å². The van der Waals surface area contributed by atoms with Crippen LogP contribution in [0.25, 0.3) is 0 Å². The molecular weight excluding hydrogens is 415 g/mol. The molecule has 1 N–H and O–H groups in total. The molecule has 1 aromatic rings. The van der Waals surface area contributed by atoms with E-state index in [-0.39, 0.29) is 5.25 Å². The highest BCUT2D eigenvalue weighted by molar-refractivity contribution is 7.90. The van der Waals surface area contributed by atoms with Gasteiger partial charge in [0.15, 0.2) is 0 Å². The number of halogens is 3. The summed E-state index contributed by atoms with van der Waals surface area (Å²) in [6.07, 6.45) is -3.49. The minimum absolute atomic E-state index is 0.167. The fourth-order valence-electron chi connectivity index (χ4n) is 2.79. The van der Waals surface area contributed by atoms with Gasteiger partial charge in [-0.05, 0) is 25.8 Å². The Balaban J connectivity index is 0.000000370. The van der Waals surface area contributed by atoms with Crippen LogP contribution in [0.15, 0.2) is 12.1 Å². The second-order valence-corrected chi connectivity index (χ2v) is 9.01. The van der Waals surface area contributed by atoms with Crippen molar-refractivity contribution in [2.75, 3.05) is 38.3 Å². The number of aryl methyl sites for hydroxylation is 1. The van der Waals surface area contributed by atoms with Gasteiger partial charge in [-0.2, -0.15) is 17.5 Å². The molecule has 0 aromatic carbocycles. The number of pyridine rings is 1. The molecule has 0 atom stereocenters. The van der Waals surface area contributed by atoms with E-state index in [1.807, 2.05) is 19.1 Å². The number of aromatic nitrogens is 1. The lowest BCUT2D eigenvalue weighted by atomic mass is 10.2. The third kappa shape index (κ3) is 6.28. The van der Waals surface area contributed by atoms with Crippen LogP contribution in [0, 0.1) is 6.92 Å². The van der Waals surface area contributed by atoms with Crippen LogP contribution in [0.2, 0.25) is 0 Å². The van der Waals surface area contributed by atoms with Gasteiger partial charge in [-0.1, -0.05) is 6.07 Å². The van der Waals surface area contributed by atoms with Gasteiger partial charge in [0.25, 0.3) is 0 Å². The molecule has 0 bridgehead atoms. The number of nitrogens with zero attached hydrogens (tertiary/aromatic N) is 3. The first-order chi connectivity index (χ1) is 13.5. The molecule has 1 fully saturated rings. The van der Waals surface area contributed by atoms with Crippen molar-refractivity contribution in [1.82, 2.24) is 9.29 Å². The maximum atomic E-state index is 12.6. The van der Waals surface area contributed by atoms with Crippen LogP contribution in [0.4, 0.5) is 19.0 Å². The molecule has 1 aliphatic heterocycles. The number of carboxylic acids is 1. The highest BCUT2D eigenvalue weighted by Gasteiger charge is 2.41. The summed E-state index contributed by atoms with van der Waals surface area (Å²) in [5.41, 5.74) is 1.92. The lowest BCUT2D eigenvalue weighted by Gasteiger charge is -2.23. The van der Waals surface area contributed by atoms with Crippen LogP contribution in [-0.4, -0.2) is 73.6 Å². The Morgan fingerprint density at radius 1 is 1.31 bits per heavy atom. The Kier molecular flexibility index (Phi) is 7.46. The Bertz CT molecular complexity index is 828. The third-order valence-electron chi connectivity index (χ3n) is 4.47. The van der Waals surface area contributed by atoms with Crippen molar-refractivity contribution in [3.8, 4) is 0 Å². The zero-order valence-corrected chi connectivity index (χ0v) is 17.0. The average molecular weight is 439 g/mol. The molecule has 8 nitrogen and oxygen atoms in total. The van der Waals surface area contributed by atoms with E-state index in [2.05, 4.69) is 9.88 Å². The summed E-state index contributed by atoms with van der Waals surface area (Å²) >= 11 is 0. The normalized spacial score (nSPS) is 17.8. The number of carboxylic acid groups (broad SMARTS) is 1. The molecule has 2 heterocycles. The number of fused-ring (bicyclic) bond motifs is 1. The second-order valence-electron chi connectivity index (χ2n) is 6.80. The SMILES string of the molecule is COCCN1CCN(S(=O)(=O)C2CC2)Cc2ccc(C)nc21.O=C(O)C(F)(F)F. The molecule has 0 radical (unpaired) electrons. The predicted octanol–water partition coefficient (Wildman–Crippen LogP) is 1.78. The highest BCUT2D eigenvalue weighted by Crippen LogP contribution is 2.33. The molecule has 29 heavy (non-hydrogen) atoms. The topological polar surface area (TPSA) is 100 Å². The second kappa shape index (κ2) is 9.26. The number of aliphatic carboxylic acids is 1. The maximum absolute atomic E-state index is 12.6. The number of methoxy groups -OCH3 is 1. The molecule has 0 amide bonds. The van der Waals surface area contributed by atoms with Gasteiger partial charge < -0.3 is 14.7 Å². The minimum atomic E-state index is -5.08. The number of alkyl halides is 3. The largest absolute Gasteiger partial charge is 0.490 e. The van der Waals surface area contributed by atoms with Gasteiger partial charge >= 0.3 is 12.1 Å². The molecule has 3 rings (SSSR count). The van der Waals surface area contributed by atoms with Gasteiger partial charge in [-0.15, -0.1) is 0 Å². The zero-order valence-electron chi connectivity index (χ0n) is 16.1. The minimum Gasteiger partial charge on any atom is -0.475 e. The smallest absolute Gasteiger partial charge is 0.475 e. The fourth-order valence-corrected chi connectivity index (χ4v) is 4.60. The van der Waals surface area contributed by atoms with Crippen molar-refractivity contribution in [2.45, 2.75) is 37.7 Å². The van der Waals surface area contributed by atoms with Crippen molar-refractivity contribution < 1.29 is 36.2 Å². The van der Waals surface area contributed by atoms with Gasteiger partial charge in [-0.25, -0.2) is 18.2 Å². The van der Waals surface area contributed by atoms with Gasteiger partial charge in [0.05, 0.1) is 11.9 Å². The van der Waals surface area contributed by atoms with Gasteiger partial charge in [-0.3, -0.25) is 0 Å². The summed E-state index contributed by atoms with van der Waals surface area (Å²) in [5.74, 6) is -1.86. The van der Waals surface area contributed by atoms with Crippen LogP contribution in [0.5, 0.6) is 0 Å². The summed E-state index contributed by atoms with van der Waals surface area (Å²) in [4.78, 5) is 15.7. The number of ether oxygens (including phenoxy) is 1. The maximum Gasteiger partial charge on any atom is 0.490 e. The molecule has 164 valence electrons. The number of hydrogen-bond donors (Lipinski definition) is 1. The van der Waals surface area contributed by atoms with E-state index in [4.69, 9.17) is 14.6 Å². The van der Waals surface area contributed by atoms with Crippen LogP contribution < -0.4 is 4.90 Å². The lowest BCUT2D eigenvalue weighted by Crippen LogP contribution is -2.38. The molecule has 0 spiro atoms. The molecule has 12 heteroatoms. The van der Waals surface area contributed by atoms with E-state index in [1.165, 1.54) is 0 Å². The fraction of sp³-hybridized carbons (Fsp3) is 0.647. The molecule has 1 saturated carbocycles.